The van der Waals surface area contributed by atoms with E-state index in [1.807, 2.05) is 0 Å². The first-order chi connectivity index (χ1) is 9.52. The highest BCUT2D eigenvalue weighted by Gasteiger charge is 2.08. The molecule has 0 radical (unpaired) electrons. The zero-order valence-electron chi connectivity index (χ0n) is 10.8. The number of benzene rings is 2. The first-order valence-electron chi connectivity index (χ1n) is 5.87. The van der Waals surface area contributed by atoms with Crippen LogP contribution in [0, 0.1) is 5.41 Å². The highest BCUT2D eigenvalue weighted by Crippen LogP contribution is 2.28. The quantitative estimate of drug-likeness (QED) is 0.639. The number of hydrogen-bond donors (Lipinski definition) is 2. The SMILES string of the molecule is COc1ccc(C(=O)[O-])c(-c2ccc(C(=N)N)cc2)c1. The van der Waals surface area contributed by atoms with Gasteiger partial charge in [0.25, 0.3) is 0 Å². The van der Waals surface area contributed by atoms with Crippen molar-refractivity contribution in [2.75, 3.05) is 7.11 Å². The summed E-state index contributed by atoms with van der Waals surface area (Å²) in [5.74, 6) is -0.735. The molecule has 0 aliphatic rings. The molecular weight excluding hydrogens is 256 g/mol. The standard InChI is InChI=1S/C15H14N2O3/c1-20-11-6-7-12(15(18)19)13(8-11)9-2-4-10(5-3-9)14(16)17/h2-8H,1H3,(H3,16,17)(H,18,19)/p-1. The van der Waals surface area contributed by atoms with Crippen molar-refractivity contribution in [3.63, 3.8) is 0 Å². The summed E-state index contributed by atoms with van der Waals surface area (Å²) >= 11 is 0. The number of nitrogen functional groups attached to an aromatic ring is 1. The number of carboxylic acid groups (broad SMARTS) is 1. The molecule has 0 fully saturated rings. The minimum Gasteiger partial charge on any atom is -0.545 e. The average Bonchev–Trinajstić information content (AvgIpc) is 2.46. The van der Waals surface area contributed by atoms with E-state index < -0.39 is 5.97 Å². The van der Waals surface area contributed by atoms with Crippen molar-refractivity contribution in [1.29, 1.82) is 5.41 Å². The van der Waals surface area contributed by atoms with Gasteiger partial charge >= 0.3 is 0 Å². The number of aromatic carboxylic acids is 1. The summed E-state index contributed by atoms with van der Waals surface area (Å²) in [4.78, 5) is 11.2. The summed E-state index contributed by atoms with van der Waals surface area (Å²) in [7, 11) is 1.51. The molecule has 0 aliphatic heterocycles. The number of carboxylic acids is 1. The maximum atomic E-state index is 11.2. The number of nitrogens with two attached hydrogens (primary N) is 1. The monoisotopic (exact) mass is 269 g/mol. The molecule has 2 aromatic rings. The van der Waals surface area contributed by atoms with Gasteiger partial charge in [-0.3, -0.25) is 5.41 Å². The van der Waals surface area contributed by atoms with Crippen LogP contribution in [0.3, 0.4) is 0 Å². The van der Waals surface area contributed by atoms with Crippen LogP contribution in [0.1, 0.15) is 15.9 Å². The van der Waals surface area contributed by atoms with Crippen LogP contribution in [0.2, 0.25) is 0 Å². The molecule has 0 bridgehead atoms. The Morgan fingerprint density at radius 3 is 2.35 bits per heavy atom. The Kier molecular flexibility index (Phi) is 3.70. The van der Waals surface area contributed by atoms with Crippen LogP contribution in [0.15, 0.2) is 42.5 Å². The average molecular weight is 269 g/mol. The van der Waals surface area contributed by atoms with E-state index in [4.69, 9.17) is 15.9 Å². The van der Waals surface area contributed by atoms with E-state index >= 15 is 0 Å². The molecule has 5 nitrogen and oxygen atoms in total. The van der Waals surface area contributed by atoms with Gasteiger partial charge in [-0.2, -0.15) is 0 Å². The van der Waals surface area contributed by atoms with E-state index in [9.17, 15) is 9.90 Å². The fourth-order valence-corrected chi connectivity index (χ4v) is 1.90. The first kappa shape index (κ1) is 13.6. The lowest BCUT2D eigenvalue weighted by molar-refractivity contribution is -0.254. The largest absolute Gasteiger partial charge is 0.545 e. The third-order valence-corrected chi connectivity index (χ3v) is 2.95. The zero-order chi connectivity index (χ0) is 14.7. The second kappa shape index (κ2) is 5.44. The van der Waals surface area contributed by atoms with Crippen molar-refractivity contribution >= 4 is 11.8 Å². The molecule has 2 aromatic carbocycles. The summed E-state index contributed by atoms with van der Waals surface area (Å²) in [5, 5.41) is 18.5. The Morgan fingerprint density at radius 1 is 1.20 bits per heavy atom. The Balaban J connectivity index is 2.54. The fraction of sp³-hybridized carbons (Fsp3) is 0.0667. The number of rotatable bonds is 4. The highest BCUT2D eigenvalue weighted by molar-refractivity contribution is 5.97. The molecule has 2 rings (SSSR count). The normalized spacial score (nSPS) is 10.1. The fourth-order valence-electron chi connectivity index (χ4n) is 1.90. The van der Waals surface area contributed by atoms with Gasteiger partial charge in [-0.15, -0.1) is 0 Å². The molecule has 0 amide bonds. The van der Waals surface area contributed by atoms with Gasteiger partial charge in [0.05, 0.1) is 13.1 Å². The van der Waals surface area contributed by atoms with Gasteiger partial charge in [-0.05, 0) is 29.3 Å². The smallest absolute Gasteiger partial charge is 0.122 e. The van der Waals surface area contributed by atoms with Crippen LogP contribution in [-0.4, -0.2) is 18.9 Å². The third kappa shape index (κ3) is 2.61. The van der Waals surface area contributed by atoms with Gasteiger partial charge in [0, 0.05) is 11.1 Å². The van der Waals surface area contributed by atoms with E-state index in [0.29, 0.717) is 22.4 Å². The van der Waals surface area contributed by atoms with E-state index in [-0.39, 0.29) is 11.4 Å². The summed E-state index contributed by atoms with van der Waals surface area (Å²) in [5.41, 5.74) is 7.23. The summed E-state index contributed by atoms with van der Waals surface area (Å²) in [6.07, 6.45) is 0. The molecule has 0 heterocycles. The van der Waals surface area contributed by atoms with Crippen LogP contribution in [0.25, 0.3) is 11.1 Å². The third-order valence-electron chi connectivity index (χ3n) is 2.95. The maximum absolute atomic E-state index is 11.2. The lowest BCUT2D eigenvalue weighted by Gasteiger charge is -2.13. The molecule has 0 saturated carbocycles. The molecule has 0 aromatic heterocycles. The van der Waals surface area contributed by atoms with Crippen molar-refractivity contribution in [3.8, 4) is 16.9 Å². The number of methoxy groups -OCH3 is 1. The second-order valence-electron chi connectivity index (χ2n) is 4.19. The van der Waals surface area contributed by atoms with E-state index in [0.717, 1.165) is 0 Å². The topological polar surface area (TPSA) is 99.2 Å². The molecular formula is C15H13N2O3-. The van der Waals surface area contributed by atoms with Crippen LogP contribution in [-0.2, 0) is 0 Å². The lowest BCUT2D eigenvalue weighted by atomic mass is 9.98. The maximum Gasteiger partial charge on any atom is 0.122 e. The predicted molar refractivity (Wildman–Crippen MR) is 73.8 cm³/mol. The van der Waals surface area contributed by atoms with Crippen molar-refractivity contribution in [1.82, 2.24) is 0 Å². The molecule has 0 aliphatic carbocycles. The molecule has 0 spiro atoms. The van der Waals surface area contributed by atoms with E-state index in [1.54, 1.807) is 36.4 Å². The number of carbonyl (C=O) groups excluding carboxylic acids is 1. The highest BCUT2D eigenvalue weighted by atomic mass is 16.5. The van der Waals surface area contributed by atoms with E-state index in [1.165, 1.54) is 13.2 Å². The van der Waals surface area contributed by atoms with Crippen LogP contribution in [0.5, 0.6) is 5.75 Å². The molecule has 0 atom stereocenters. The van der Waals surface area contributed by atoms with Crippen molar-refractivity contribution in [2.45, 2.75) is 0 Å². The molecule has 102 valence electrons. The number of carbonyl (C=O) groups is 1. The van der Waals surface area contributed by atoms with Crippen LogP contribution in [0.4, 0.5) is 0 Å². The van der Waals surface area contributed by atoms with Gasteiger partial charge in [0.15, 0.2) is 0 Å². The number of hydrogen-bond acceptors (Lipinski definition) is 4. The Morgan fingerprint density at radius 2 is 1.85 bits per heavy atom. The van der Waals surface area contributed by atoms with Gasteiger partial charge in [0.1, 0.15) is 11.6 Å². The summed E-state index contributed by atoms with van der Waals surface area (Å²) in [6, 6.07) is 11.4. The second-order valence-corrected chi connectivity index (χ2v) is 4.19. The Hall–Kier alpha value is -2.82. The predicted octanol–water partition coefficient (Wildman–Crippen LogP) is 1.01. The number of amidine groups is 1. The van der Waals surface area contributed by atoms with Gasteiger partial charge in [-0.25, -0.2) is 0 Å². The number of nitrogens with one attached hydrogen (secondary N) is 1. The Labute approximate surface area is 116 Å². The van der Waals surface area contributed by atoms with Crippen molar-refractivity contribution in [2.24, 2.45) is 5.73 Å². The molecule has 20 heavy (non-hydrogen) atoms. The van der Waals surface area contributed by atoms with E-state index in [2.05, 4.69) is 0 Å². The van der Waals surface area contributed by atoms with Gasteiger partial charge in [0.2, 0.25) is 0 Å². The molecule has 0 unspecified atom stereocenters. The first-order valence-corrected chi connectivity index (χ1v) is 5.87. The van der Waals surface area contributed by atoms with Crippen LogP contribution >= 0.6 is 0 Å². The van der Waals surface area contributed by atoms with Crippen LogP contribution < -0.4 is 15.6 Å². The molecule has 5 heteroatoms. The minimum absolute atomic E-state index is 0.0395. The number of ether oxygens (including phenoxy) is 1. The minimum atomic E-state index is -1.25. The lowest BCUT2D eigenvalue weighted by Crippen LogP contribution is -2.23. The van der Waals surface area contributed by atoms with Crippen molar-refractivity contribution < 1.29 is 14.6 Å². The van der Waals surface area contributed by atoms with Crippen molar-refractivity contribution in [3.05, 3.63) is 53.6 Å². The van der Waals surface area contributed by atoms with Gasteiger partial charge < -0.3 is 20.4 Å². The summed E-state index contributed by atoms with van der Waals surface area (Å²) in [6.45, 7) is 0. The Bertz CT molecular complexity index is 663. The molecule has 3 N–H and O–H groups in total. The summed E-state index contributed by atoms with van der Waals surface area (Å²) < 4.78 is 5.11. The molecule has 0 saturated heterocycles. The zero-order valence-corrected chi connectivity index (χ0v) is 10.8. The van der Waals surface area contributed by atoms with Gasteiger partial charge in [-0.1, -0.05) is 24.3 Å².